The number of nitrogens with two attached hydrogens (primary N) is 1. The fourth-order valence-electron chi connectivity index (χ4n) is 1.56. The van der Waals surface area contributed by atoms with E-state index in [1.54, 1.807) is 0 Å². The summed E-state index contributed by atoms with van der Waals surface area (Å²) < 4.78 is 0. The molecule has 1 amide bonds. The Morgan fingerprint density at radius 3 is 2.68 bits per heavy atom. The standard InChI is InChI=1S/C13H17ClN2O3/c1-2-3-4-11(15)12(17)16-8-5-6-9(13(18)19)10(14)7-8/h5-7,11H,2-4,15H2,1H3,(H,16,17)(H,18,19)/t11-/m0/s1. The number of carboxylic acids is 1. The molecule has 1 rings (SSSR count). The van der Waals surface area contributed by atoms with Gasteiger partial charge in [0, 0.05) is 5.69 Å². The summed E-state index contributed by atoms with van der Waals surface area (Å²) in [6.45, 7) is 2.02. The maximum atomic E-state index is 11.8. The maximum absolute atomic E-state index is 11.8. The maximum Gasteiger partial charge on any atom is 0.337 e. The van der Waals surface area contributed by atoms with Gasteiger partial charge in [-0.1, -0.05) is 31.4 Å². The molecule has 19 heavy (non-hydrogen) atoms. The minimum atomic E-state index is -1.11. The van der Waals surface area contributed by atoms with Crippen molar-refractivity contribution >= 4 is 29.2 Å². The van der Waals surface area contributed by atoms with Crippen LogP contribution in [0.25, 0.3) is 0 Å². The molecule has 0 aliphatic carbocycles. The number of benzene rings is 1. The van der Waals surface area contributed by atoms with Gasteiger partial charge in [-0.05, 0) is 24.6 Å². The van der Waals surface area contributed by atoms with Gasteiger partial charge >= 0.3 is 5.97 Å². The first-order chi connectivity index (χ1) is 8.95. The monoisotopic (exact) mass is 284 g/mol. The summed E-state index contributed by atoms with van der Waals surface area (Å²) in [5.41, 5.74) is 6.16. The number of rotatable bonds is 6. The summed E-state index contributed by atoms with van der Waals surface area (Å²) in [7, 11) is 0. The van der Waals surface area contributed by atoms with Crippen molar-refractivity contribution in [2.24, 2.45) is 5.73 Å². The van der Waals surface area contributed by atoms with Crippen LogP contribution in [0.2, 0.25) is 5.02 Å². The smallest absolute Gasteiger partial charge is 0.337 e. The van der Waals surface area contributed by atoms with Crippen molar-refractivity contribution in [2.45, 2.75) is 32.2 Å². The summed E-state index contributed by atoms with van der Waals surface area (Å²) in [6.07, 6.45) is 2.47. The zero-order chi connectivity index (χ0) is 14.4. The minimum absolute atomic E-state index is 0.00468. The summed E-state index contributed by atoms with van der Waals surface area (Å²) in [6, 6.07) is 3.66. The number of halogens is 1. The van der Waals surface area contributed by atoms with E-state index in [4.69, 9.17) is 22.4 Å². The third kappa shape index (κ3) is 4.54. The number of carboxylic acid groups (broad SMARTS) is 1. The highest BCUT2D eigenvalue weighted by Crippen LogP contribution is 2.21. The Balaban J connectivity index is 2.70. The van der Waals surface area contributed by atoms with E-state index in [0.29, 0.717) is 12.1 Å². The number of anilines is 1. The summed E-state index contributed by atoms with van der Waals surface area (Å²) >= 11 is 5.81. The molecule has 4 N–H and O–H groups in total. The second-order valence-corrected chi connectivity index (χ2v) is 4.64. The van der Waals surface area contributed by atoms with E-state index in [9.17, 15) is 9.59 Å². The molecule has 0 unspecified atom stereocenters. The number of hydrogen-bond acceptors (Lipinski definition) is 3. The van der Waals surface area contributed by atoms with Gasteiger partial charge in [0.25, 0.3) is 0 Å². The number of amides is 1. The van der Waals surface area contributed by atoms with Crippen LogP contribution in [0.3, 0.4) is 0 Å². The summed E-state index contributed by atoms with van der Waals surface area (Å²) in [5, 5.41) is 11.5. The highest BCUT2D eigenvalue weighted by molar-refractivity contribution is 6.33. The van der Waals surface area contributed by atoms with Gasteiger partial charge in [-0.2, -0.15) is 0 Å². The molecule has 0 saturated heterocycles. The van der Waals surface area contributed by atoms with E-state index in [1.165, 1.54) is 18.2 Å². The molecule has 6 heteroatoms. The molecule has 5 nitrogen and oxygen atoms in total. The molecule has 0 saturated carbocycles. The quantitative estimate of drug-likeness (QED) is 0.748. The number of nitrogens with one attached hydrogen (secondary N) is 1. The SMILES string of the molecule is CCCC[C@H](N)C(=O)Nc1ccc(C(=O)O)c(Cl)c1. The molecule has 104 valence electrons. The topological polar surface area (TPSA) is 92.4 Å². The van der Waals surface area contributed by atoms with Crippen molar-refractivity contribution in [3.8, 4) is 0 Å². The van der Waals surface area contributed by atoms with Gasteiger partial charge in [-0.3, -0.25) is 4.79 Å². The third-order valence-corrected chi connectivity index (χ3v) is 2.99. The lowest BCUT2D eigenvalue weighted by molar-refractivity contribution is -0.117. The second kappa shape index (κ2) is 7.11. The Morgan fingerprint density at radius 1 is 1.47 bits per heavy atom. The number of unbranched alkanes of at least 4 members (excludes halogenated alkanes) is 1. The van der Waals surface area contributed by atoms with Crippen LogP contribution in [0, 0.1) is 0 Å². The molecule has 0 bridgehead atoms. The number of carbonyl (C=O) groups is 2. The van der Waals surface area contributed by atoms with Gasteiger partial charge in [-0.15, -0.1) is 0 Å². The minimum Gasteiger partial charge on any atom is -0.478 e. The van der Waals surface area contributed by atoms with Crippen molar-refractivity contribution in [3.63, 3.8) is 0 Å². The van der Waals surface area contributed by atoms with Crippen LogP contribution in [0.15, 0.2) is 18.2 Å². The number of aromatic carboxylic acids is 1. The molecule has 0 aliphatic rings. The first kappa shape index (κ1) is 15.5. The fourth-order valence-corrected chi connectivity index (χ4v) is 1.82. The number of carbonyl (C=O) groups excluding carboxylic acids is 1. The molecule has 0 aliphatic heterocycles. The zero-order valence-corrected chi connectivity index (χ0v) is 11.4. The predicted molar refractivity (Wildman–Crippen MR) is 74.5 cm³/mol. The van der Waals surface area contributed by atoms with Crippen LogP contribution in [-0.4, -0.2) is 23.0 Å². The molecule has 1 atom stereocenters. The van der Waals surface area contributed by atoms with Crippen molar-refractivity contribution < 1.29 is 14.7 Å². The second-order valence-electron chi connectivity index (χ2n) is 4.24. The highest BCUT2D eigenvalue weighted by Gasteiger charge is 2.14. The van der Waals surface area contributed by atoms with E-state index in [1.807, 2.05) is 6.92 Å². The van der Waals surface area contributed by atoms with Gasteiger partial charge in [-0.25, -0.2) is 4.79 Å². The first-order valence-electron chi connectivity index (χ1n) is 6.05. The van der Waals surface area contributed by atoms with Crippen LogP contribution >= 0.6 is 11.6 Å². The molecular formula is C13H17ClN2O3. The average molecular weight is 285 g/mol. The molecule has 0 spiro atoms. The van der Waals surface area contributed by atoms with Crippen LogP contribution in [-0.2, 0) is 4.79 Å². The van der Waals surface area contributed by atoms with Crippen molar-refractivity contribution in [1.82, 2.24) is 0 Å². The lowest BCUT2D eigenvalue weighted by Gasteiger charge is -2.12. The molecule has 1 aromatic rings. The van der Waals surface area contributed by atoms with E-state index in [2.05, 4.69) is 5.32 Å². The Hall–Kier alpha value is -1.59. The van der Waals surface area contributed by atoms with Crippen molar-refractivity contribution in [1.29, 1.82) is 0 Å². The average Bonchev–Trinajstić information content (AvgIpc) is 2.35. The van der Waals surface area contributed by atoms with Crippen molar-refractivity contribution in [2.75, 3.05) is 5.32 Å². The molecular weight excluding hydrogens is 268 g/mol. The van der Waals surface area contributed by atoms with Gasteiger partial charge in [0.15, 0.2) is 0 Å². The Labute approximate surface area is 116 Å². The molecule has 0 fully saturated rings. The van der Waals surface area contributed by atoms with Gasteiger partial charge in [0.2, 0.25) is 5.91 Å². The van der Waals surface area contributed by atoms with Gasteiger partial charge in [0.1, 0.15) is 0 Å². The Morgan fingerprint density at radius 2 is 2.16 bits per heavy atom. The van der Waals surface area contributed by atoms with E-state index in [-0.39, 0.29) is 16.5 Å². The van der Waals surface area contributed by atoms with E-state index < -0.39 is 12.0 Å². The molecule has 1 aromatic carbocycles. The number of hydrogen-bond donors (Lipinski definition) is 3. The third-order valence-electron chi connectivity index (χ3n) is 2.67. The summed E-state index contributed by atoms with van der Waals surface area (Å²) in [5.74, 6) is -1.41. The van der Waals surface area contributed by atoms with Crippen LogP contribution in [0.1, 0.15) is 36.5 Å². The van der Waals surface area contributed by atoms with Crippen molar-refractivity contribution in [3.05, 3.63) is 28.8 Å². The lowest BCUT2D eigenvalue weighted by atomic mass is 10.1. The van der Waals surface area contributed by atoms with Crippen LogP contribution < -0.4 is 11.1 Å². The fraction of sp³-hybridized carbons (Fsp3) is 0.385. The zero-order valence-electron chi connectivity index (χ0n) is 10.6. The molecule has 0 radical (unpaired) electrons. The Bertz CT molecular complexity index is 477. The highest BCUT2D eigenvalue weighted by atomic mass is 35.5. The summed E-state index contributed by atoms with van der Waals surface area (Å²) in [4.78, 5) is 22.5. The van der Waals surface area contributed by atoms with Crippen LogP contribution in [0.4, 0.5) is 5.69 Å². The predicted octanol–water partition coefficient (Wildman–Crippen LogP) is 2.49. The van der Waals surface area contributed by atoms with Crippen LogP contribution in [0.5, 0.6) is 0 Å². The normalized spacial score (nSPS) is 11.9. The largest absolute Gasteiger partial charge is 0.478 e. The molecule has 0 aromatic heterocycles. The molecule has 0 heterocycles. The van der Waals surface area contributed by atoms with Gasteiger partial charge in [0.05, 0.1) is 16.6 Å². The first-order valence-corrected chi connectivity index (χ1v) is 6.42. The van der Waals surface area contributed by atoms with Gasteiger partial charge < -0.3 is 16.2 Å². The van der Waals surface area contributed by atoms with E-state index in [0.717, 1.165) is 12.8 Å². The Kier molecular flexibility index (Phi) is 5.79. The lowest BCUT2D eigenvalue weighted by Crippen LogP contribution is -2.35. The van der Waals surface area contributed by atoms with E-state index >= 15 is 0 Å².